The average Bonchev–Trinajstić information content (AvgIpc) is 2.52. The van der Waals surface area contributed by atoms with Crippen LogP contribution < -0.4 is 5.32 Å². The molecule has 0 radical (unpaired) electrons. The summed E-state index contributed by atoms with van der Waals surface area (Å²) in [6, 6.07) is 2.82. The second-order valence-corrected chi connectivity index (χ2v) is 7.98. The quantitative estimate of drug-likeness (QED) is 0.634. The Morgan fingerprint density at radius 2 is 1.82 bits per heavy atom. The van der Waals surface area contributed by atoms with Crippen molar-refractivity contribution < 1.29 is 33.3 Å². The number of amides is 2. The molecular formula is C19H26F2N2O5. The van der Waals surface area contributed by atoms with E-state index in [4.69, 9.17) is 4.74 Å². The third-order valence-electron chi connectivity index (χ3n) is 4.19. The maximum absolute atomic E-state index is 13.2. The largest absolute Gasteiger partial charge is 0.444 e. The van der Waals surface area contributed by atoms with Crippen LogP contribution in [0.3, 0.4) is 0 Å². The number of hydrogen-bond donors (Lipinski definition) is 3. The number of benzene rings is 1. The van der Waals surface area contributed by atoms with Gasteiger partial charge >= 0.3 is 6.09 Å². The number of nitrogens with zero attached hydrogens (tertiary/aromatic N) is 1. The van der Waals surface area contributed by atoms with Gasteiger partial charge in [-0.05, 0) is 51.3 Å². The molecular weight excluding hydrogens is 374 g/mol. The predicted octanol–water partition coefficient (Wildman–Crippen LogP) is 1.88. The Hall–Kier alpha value is -2.26. The van der Waals surface area contributed by atoms with E-state index < -0.39 is 40.9 Å². The van der Waals surface area contributed by atoms with Crippen molar-refractivity contribution >= 4 is 12.0 Å². The molecule has 0 aromatic heterocycles. The van der Waals surface area contributed by atoms with Crippen LogP contribution >= 0.6 is 0 Å². The molecule has 1 aliphatic heterocycles. The highest BCUT2D eigenvalue weighted by molar-refractivity contribution is 5.88. The lowest BCUT2D eigenvalue weighted by atomic mass is 9.93. The minimum Gasteiger partial charge on any atom is -0.444 e. The van der Waals surface area contributed by atoms with E-state index in [1.54, 1.807) is 20.8 Å². The average molecular weight is 400 g/mol. The van der Waals surface area contributed by atoms with Gasteiger partial charge in [-0.15, -0.1) is 0 Å². The molecule has 0 unspecified atom stereocenters. The van der Waals surface area contributed by atoms with Crippen molar-refractivity contribution in [2.24, 2.45) is 0 Å². The Bertz CT molecular complexity index is 709. The van der Waals surface area contributed by atoms with Crippen LogP contribution in [0.25, 0.3) is 0 Å². The van der Waals surface area contributed by atoms with Gasteiger partial charge in [-0.3, -0.25) is 4.79 Å². The van der Waals surface area contributed by atoms with E-state index in [0.29, 0.717) is 6.42 Å². The topological polar surface area (TPSA) is 99.1 Å². The van der Waals surface area contributed by atoms with Crippen molar-refractivity contribution in [3.63, 3.8) is 0 Å². The summed E-state index contributed by atoms with van der Waals surface area (Å²) in [7, 11) is 0. The normalized spacial score (nSPS) is 16.9. The van der Waals surface area contributed by atoms with Gasteiger partial charge < -0.3 is 25.2 Å². The van der Waals surface area contributed by atoms with E-state index in [1.165, 1.54) is 4.90 Å². The molecule has 9 heteroatoms. The molecule has 0 spiro atoms. The molecule has 1 aromatic carbocycles. The monoisotopic (exact) mass is 400 g/mol. The minimum atomic E-state index is -1.68. The fourth-order valence-electron chi connectivity index (χ4n) is 2.78. The molecule has 0 aliphatic carbocycles. The van der Waals surface area contributed by atoms with Gasteiger partial charge in [0.2, 0.25) is 0 Å². The third kappa shape index (κ3) is 5.87. The second kappa shape index (κ2) is 8.40. The molecule has 7 nitrogen and oxygen atoms in total. The fraction of sp³-hybridized carbons (Fsp3) is 0.579. The molecule has 1 aliphatic rings. The SMILES string of the molecule is CC(C)(C)OC(=O)N1CC(O)(C(=O)NCCC[C@@H](O)c2cc(F)cc(F)c2)C1. The van der Waals surface area contributed by atoms with Gasteiger partial charge in [0.05, 0.1) is 19.2 Å². The number of β-amino-alcohol motifs (C(OH)–C–C–N with tert-alkyl or cyclic N) is 1. The van der Waals surface area contributed by atoms with Crippen molar-refractivity contribution in [2.75, 3.05) is 19.6 Å². The lowest BCUT2D eigenvalue weighted by molar-refractivity contribution is -0.157. The number of ether oxygens (including phenoxy) is 1. The summed E-state index contributed by atoms with van der Waals surface area (Å²) < 4.78 is 31.5. The number of halogens is 2. The van der Waals surface area contributed by atoms with E-state index >= 15 is 0 Å². The van der Waals surface area contributed by atoms with Crippen LogP contribution in [0.15, 0.2) is 18.2 Å². The van der Waals surface area contributed by atoms with Gasteiger partial charge in [0.15, 0.2) is 5.60 Å². The van der Waals surface area contributed by atoms with E-state index in [2.05, 4.69) is 5.32 Å². The van der Waals surface area contributed by atoms with E-state index in [-0.39, 0.29) is 31.6 Å². The van der Waals surface area contributed by atoms with Crippen molar-refractivity contribution in [3.8, 4) is 0 Å². The smallest absolute Gasteiger partial charge is 0.410 e. The predicted molar refractivity (Wildman–Crippen MR) is 96.3 cm³/mol. The van der Waals surface area contributed by atoms with Crippen LogP contribution in [0.4, 0.5) is 13.6 Å². The Labute approximate surface area is 162 Å². The van der Waals surface area contributed by atoms with Gasteiger partial charge in [0, 0.05) is 12.6 Å². The molecule has 1 fully saturated rings. The van der Waals surface area contributed by atoms with Gasteiger partial charge in [0.25, 0.3) is 5.91 Å². The number of aliphatic hydroxyl groups is 2. The first-order chi connectivity index (χ1) is 12.9. The van der Waals surface area contributed by atoms with Crippen molar-refractivity contribution in [1.82, 2.24) is 10.2 Å². The summed E-state index contributed by atoms with van der Waals surface area (Å²) in [5.41, 5.74) is -2.23. The number of likely N-dealkylation sites (tertiary alicyclic amines) is 1. The lowest BCUT2D eigenvalue weighted by Crippen LogP contribution is -2.70. The van der Waals surface area contributed by atoms with Crippen LogP contribution in [0, 0.1) is 11.6 Å². The molecule has 1 heterocycles. The summed E-state index contributed by atoms with van der Waals surface area (Å²) in [5, 5.41) is 22.8. The number of carbonyl (C=O) groups is 2. The Morgan fingerprint density at radius 3 is 2.36 bits per heavy atom. The first-order valence-corrected chi connectivity index (χ1v) is 9.02. The summed E-state index contributed by atoms with van der Waals surface area (Å²) in [6.07, 6.45) is -1.17. The van der Waals surface area contributed by atoms with Crippen LogP contribution in [-0.4, -0.2) is 57.9 Å². The van der Waals surface area contributed by atoms with Crippen molar-refractivity contribution in [1.29, 1.82) is 0 Å². The first-order valence-electron chi connectivity index (χ1n) is 9.02. The second-order valence-electron chi connectivity index (χ2n) is 7.98. The minimum absolute atomic E-state index is 0.120. The van der Waals surface area contributed by atoms with Crippen LogP contribution in [-0.2, 0) is 9.53 Å². The standard InChI is InChI=1S/C19H26F2N2O5/c1-18(2,3)28-17(26)23-10-19(27,11-23)16(25)22-6-4-5-15(24)12-7-13(20)9-14(21)8-12/h7-9,15,24,27H,4-6,10-11H2,1-3H3,(H,22,25)/t15-/m1/s1. The van der Waals surface area contributed by atoms with Gasteiger partial charge in [0.1, 0.15) is 17.2 Å². The number of carbonyl (C=O) groups excluding carboxylic acids is 2. The zero-order chi connectivity index (χ0) is 21.1. The molecule has 0 saturated carbocycles. The summed E-state index contributed by atoms with van der Waals surface area (Å²) in [5.74, 6) is -2.17. The molecule has 156 valence electrons. The Morgan fingerprint density at radius 1 is 1.25 bits per heavy atom. The maximum Gasteiger partial charge on any atom is 0.410 e. The zero-order valence-corrected chi connectivity index (χ0v) is 16.2. The first kappa shape index (κ1) is 22.0. The summed E-state index contributed by atoms with van der Waals surface area (Å²) in [4.78, 5) is 25.2. The van der Waals surface area contributed by atoms with Crippen molar-refractivity contribution in [2.45, 2.75) is 50.9 Å². The number of rotatable bonds is 6. The highest BCUT2D eigenvalue weighted by Gasteiger charge is 2.50. The van der Waals surface area contributed by atoms with Crippen molar-refractivity contribution in [3.05, 3.63) is 35.4 Å². The fourth-order valence-corrected chi connectivity index (χ4v) is 2.78. The molecule has 0 bridgehead atoms. The lowest BCUT2D eigenvalue weighted by Gasteiger charge is -2.44. The molecule has 2 amide bonds. The van der Waals surface area contributed by atoms with Gasteiger partial charge in [-0.2, -0.15) is 0 Å². The number of nitrogens with one attached hydrogen (secondary N) is 1. The molecule has 28 heavy (non-hydrogen) atoms. The van der Waals surface area contributed by atoms with Crippen LogP contribution in [0.5, 0.6) is 0 Å². The molecule has 1 saturated heterocycles. The molecule has 2 rings (SSSR count). The van der Waals surface area contributed by atoms with Gasteiger partial charge in [-0.25, -0.2) is 13.6 Å². The summed E-state index contributed by atoms with van der Waals surface area (Å²) >= 11 is 0. The Balaban J connectivity index is 1.72. The van der Waals surface area contributed by atoms with E-state index in [9.17, 15) is 28.6 Å². The molecule has 1 atom stereocenters. The highest BCUT2D eigenvalue weighted by Crippen LogP contribution is 2.24. The molecule has 3 N–H and O–H groups in total. The maximum atomic E-state index is 13.2. The highest BCUT2D eigenvalue weighted by atomic mass is 19.1. The third-order valence-corrected chi connectivity index (χ3v) is 4.19. The Kier molecular flexibility index (Phi) is 6.61. The molecule has 1 aromatic rings. The van der Waals surface area contributed by atoms with Gasteiger partial charge in [-0.1, -0.05) is 0 Å². The number of aliphatic hydroxyl groups excluding tert-OH is 1. The number of hydrogen-bond acceptors (Lipinski definition) is 5. The van der Waals surface area contributed by atoms with Crippen LogP contribution in [0.1, 0.15) is 45.3 Å². The summed E-state index contributed by atoms with van der Waals surface area (Å²) in [6.45, 7) is 4.98. The van der Waals surface area contributed by atoms with E-state index in [1.807, 2.05) is 0 Å². The zero-order valence-electron chi connectivity index (χ0n) is 16.2. The van der Waals surface area contributed by atoms with Crippen LogP contribution in [0.2, 0.25) is 0 Å². The van der Waals surface area contributed by atoms with E-state index in [0.717, 1.165) is 18.2 Å².